The molecular formula is C20H19N3O4. The zero-order valence-corrected chi connectivity index (χ0v) is 14.6. The van der Waals surface area contributed by atoms with Crippen molar-refractivity contribution in [3.63, 3.8) is 0 Å². The number of para-hydroxylation sites is 2. The molecule has 0 saturated carbocycles. The molecular weight excluding hydrogens is 346 g/mol. The number of aliphatic carboxylic acids is 1. The molecule has 1 atom stereocenters. The summed E-state index contributed by atoms with van der Waals surface area (Å²) in [6, 6.07) is 12.8. The number of fused-ring (bicyclic) bond motifs is 2. The molecule has 138 valence electrons. The Morgan fingerprint density at radius 1 is 1.04 bits per heavy atom. The summed E-state index contributed by atoms with van der Waals surface area (Å²) in [5, 5.41) is 12.6. The van der Waals surface area contributed by atoms with Crippen LogP contribution in [-0.4, -0.2) is 53.5 Å². The fourth-order valence-corrected chi connectivity index (χ4v) is 3.67. The highest BCUT2D eigenvalue weighted by Gasteiger charge is 2.38. The van der Waals surface area contributed by atoms with Gasteiger partial charge in [-0.2, -0.15) is 0 Å². The van der Waals surface area contributed by atoms with E-state index in [-0.39, 0.29) is 25.3 Å². The molecule has 2 aliphatic heterocycles. The Balaban J connectivity index is 1.86. The average Bonchev–Trinajstić information content (AvgIpc) is 2.81. The van der Waals surface area contributed by atoms with Gasteiger partial charge in [-0.3, -0.25) is 9.69 Å². The number of carbonyl (C=O) groups is 3. The molecule has 1 saturated heterocycles. The van der Waals surface area contributed by atoms with E-state index in [4.69, 9.17) is 0 Å². The van der Waals surface area contributed by atoms with Crippen molar-refractivity contribution < 1.29 is 19.5 Å². The van der Waals surface area contributed by atoms with Gasteiger partial charge in [-0.05, 0) is 23.8 Å². The van der Waals surface area contributed by atoms with Crippen molar-refractivity contribution in [2.75, 3.05) is 24.5 Å². The van der Waals surface area contributed by atoms with E-state index in [0.29, 0.717) is 23.5 Å². The number of amides is 2. The number of nitrogens with one attached hydrogen (secondary N) is 1. The zero-order chi connectivity index (χ0) is 19.0. The van der Waals surface area contributed by atoms with Gasteiger partial charge in [0.2, 0.25) is 0 Å². The number of ketones is 1. The van der Waals surface area contributed by atoms with Gasteiger partial charge in [0.1, 0.15) is 6.04 Å². The van der Waals surface area contributed by atoms with E-state index >= 15 is 0 Å². The van der Waals surface area contributed by atoms with E-state index in [0.717, 1.165) is 5.56 Å². The molecule has 27 heavy (non-hydrogen) atoms. The molecule has 0 spiro atoms. The molecule has 2 aromatic rings. The van der Waals surface area contributed by atoms with Gasteiger partial charge < -0.3 is 15.3 Å². The second-order valence-electron chi connectivity index (χ2n) is 6.62. The first-order valence-electron chi connectivity index (χ1n) is 8.82. The summed E-state index contributed by atoms with van der Waals surface area (Å²) in [6.45, 7) is 0.993. The largest absolute Gasteiger partial charge is 0.480 e. The lowest BCUT2D eigenvalue weighted by molar-refractivity contribution is -0.142. The van der Waals surface area contributed by atoms with Gasteiger partial charge >= 0.3 is 12.0 Å². The number of carboxylic acid groups (broad SMARTS) is 1. The van der Waals surface area contributed by atoms with Crippen LogP contribution in [0.3, 0.4) is 0 Å². The number of rotatable bonds is 1. The third-order valence-corrected chi connectivity index (χ3v) is 4.99. The quantitative estimate of drug-likeness (QED) is 0.807. The first kappa shape index (κ1) is 17.2. The highest BCUT2D eigenvalue weighted by molar-refractivity contribution is 6.12. The maximum absolute atomic E-state index is 13.5. The number of anilines is 2. The molecule has 2 amide bonds. The van der Waals surface area contributed by atoms with E-state index in [1.54, 1.807) is 30.3 Å². The molecule has 4 rings (SSSR count). The molecule has 1 fully saturated rings. The molecule has 0 aromatic heterocycles. The number of benzene rings is 2. The number of hydrogen-bond acceptors (Lipinski definition) is 4. The predicted molar refractivity (Wildman–Crippen MR) is 99.5 cm³/mol. The van der Waals surface area contributed by atoms with Crippen LogP contribution < -0.4 is 10.2 Å². The molecule has 2 N–H and O–H groups in total. The Bertz CT molecular complexity index is 927. The maximum Gasteiger partial charge on any atom is 0.329 e. The van der Waals surface area contributed by atoms with Crippen molar-refractivity contribution in [2.45, 2.75) is 12.5 Å². The molecule has 1 unspecified atom stereocenters. The van der Waals surface area contributed by atoms with E-state index < -0.39 is 18.0 Å². The first-order valence-corrected chi connectivity index (χ1v) is 8.82. The fraction of sp³-hybridized carbons (Fsp3) is 0.250. The summed E-state index contributed by atoms with van der Waals surface area (Å²) in [5.74, 6) is -1.12. The Labute approximate surface area is 156 Å². The lowest BCUT2D eigenvalue weighted by Gasteiger charge is -2.37. The van der Waals surface area contributed by atoms with Gasteiger partial charge in [0.05, 0.1) is 11.4 Å². The van der Waals surface area contributed by atoms with Crippen molar-refractivity contribution in [2.24, 2.45) is 0 Å². The van der Waals surface area contributed by atoms with Crippen molar-refractivity contribution >= 4 is 29.2 Å². The molecule has 2 aromatic carbocycles. The SMILES string of the molecule is O=C1Cc2ccccc2N(C(=O)N2CCNCC2C(=O)O)c2ccccc21. The Morgan fingerprint density at radius 3 is 2.52 bits per heavy atom. The number of carboxylic acids is 1. The van der Waals surface area contributed by atoms with Gasteiger partial charge in [0.15, 0.2) is 5.78 Å². The molecule has 2 heterocycles. The second kappa shape index (κ2) is 6.85. The van der Waals surface area contributed by atoms with Crippen LogP contribution in [0.2, 0.25) is 0 Å². The van der Waals surface area contributed by atoms with Gasteiger partial charge in [-0.15, -0.1) is 0 Å². The van der Waals surface area contributed by atoms with Crippen molar-refractivity contribution in [1.29, 1.82) is 0 Å². The molecule has 2 aliphatic rings. The number of Topliss-reactive ketones (excluding diaryl/α,β-unsaturated/α-hetero) is 1. The Kier molecular flexibility index (Phi) is 4.37. The lowest BCUT2D eigenvalue weighted by Crippen LogP contribution is -2.59. The third kappa shape index (κ3) is 2.96. The van der Waals surface area contributed by atoms with Crippen LogP contribution in [0.15, 0.2) is 48.5 Å². The highest BCUT2D eigenvalue weighted by atomic mass is 16.4. The third-order valence-electron chi connectivity index (χ3n) is 4.99. The van der Waals surface area contributed by atoms with Crippen molar-refractivity contribution in [1.82, 2.24) is 10.2 Å². The van der Waals surface area contributed by atoms with E-state index in [9.17, 15) is 19.5 Å². The predicted octanol–water partition coefficient (Wildman–Crippen LogP) is 2.04. The number of carbonyl (C=O) groups excluding carboxylic acids is 2. The normalized spacial score (nSPS) is 19.1. The minimum absolute atomic E-state index is 0.0663. The lowest BCUT2D eigenvalue weighted by atomic mass is 10.0. The topological polar surface area (TPSA) is 90.0 Å². The van der Waals surface area contributed by atoms with Crippen LogP contribution >= 0.6 is 0 Å². The van der Waals surface area contributed by atoms with Crippen molar-refractivity contribution in [3.05, 3.63) is 59.7 Å². The maximum atomic E-state index is 13.5. The summed E-state index contributed by atoms with van der Waals surface area (Å²) < 4.78 is 0. The van der Waals surface area contributed by atoms with Crippen LogP contribution in [-0.2, 0) is 11.2 Å². The minimum atomic E-state index is -1.05. The van der Waals surface area contributed by atoms with Crippen LogP contribution in [0, 0.1) is 0 Å². The zero-order valence-electron chi connectivity index (χ0n) is 14.6. The van der Waals surface area contributed by atoms with Crippen LogP contribution in [0.5, 0.6) is 0 Å². The smallest absolute Gasteiger partial charge is 0.329 e. The number of urea groups is 1. The molecule has 7 nitrogen and oxygen atoms in total. The Hall–Kier alpha value is -3.19. The Morgan fingerprint density at radius 2 is 1.74 bits per heavy atom. The van der Waals surface area contributed by atoms with E-state index in [1.807, 2.05) is 18.2 Å². The molecule has 0 bridgehead atoms. The first-order chi connectivity index (χ1) is 13.1. The van der Waals surface area contributed by atoms with Gasteiger partial charge in [-0.1, -0.05) is 30.3 Å². The average molecular weight is 365 g/mol. The summed E-state index contributed by atoms with van der Waals surface area (Å²) in [7, 11) is 0. The summed E-state index contributed by atoms with van der Waals surface area (Å²) in [4.78, 5) is 40.7. The van der Waals surface area contributed by atoms with Gasteiger partial charge in [0, 0.05) is 31.6 Å². The van der Waals surface area contributed by atoms with Gasteiger partial charge in [0.25, 0.3) is 0 Å². The summed E-state index contributed by atoms with van der Waals surface area (Å²) in [5.41, 5.74) is 2.31. The fourth-order valence-electron chi connectivity index (χ4n) is 3.67. The van der Waals surface area contributed by atoms with Crippen LogP contribution in [0.25, 0.3) is 0 Å². The van der Waals surface area contributed by atoms with Crippen LogP contribution in [0.4, 0.5) is 16.2 Å². The van der Waals surface area contributed by atoms with Gasteiger partial charge in [-0.25, -0.2) is 9.59 Å². The molecule has 0 radical (unpaired) electrons. The van der Waals surface area contributed by atoms with Crippen molar-refractivity contribution in [3.8, 4) is 0 Å². The van der Waals surface area contributed by atoms with E-state index in [2.05, 4.69) is 5.32 Å². The van der Waals surface area contributed by atoms with E-state index in [1.165, 1.54) is 9.80 Å². The number of piperazine rings is 1. The summed E-state index contributed by atoms with van der Waals surface area (Å²) in [6.07, 6.45) is 0.195. The second-order valence-corrected chi connectivity index (χ2v) is 6.62. The highest BCUT2D eigenvalue weighted by Crippen LogP contribution is 2.37. The molecule has 7 heteroatoms. The monoisotopic (exact) mass is 365 g/mol. The number of hydrogen-bond donors (Lipinski definition) is 2. The van der Waals surface area contributed by atoms with Crippen LogP contribution in [0.1, 0.15) is 15.9 Å². The standard InChI is InChI=1S/C20H19N3O4/c24-18-11-13-5-1-3-7-15(13)23(16-8-4-2-6-14(16)18)20(27)22-10-9-21-12-17(22)19(25)26/h1-8,17,21H,9-12H2,(H,25,26). The molecule has 0 aliphatic carbocycles. The number of nitrogens with zero attached hydrogens (tertiary/aromatic N) is 2. The summed E-state index contributed by atoms with van der Waals surface area (Å²) >= 11 is 0. The minimum Gasteiger partial charge on any atom is -0.480 e.